The number of hydrogen-bond donors (Lipinski definition) is 1. The molecule has 9 heteroatoms. The normalized spacial score (nSPS) is 11.0. The van der Waals surface area contributed by atoms with Gasteiger partial charge >= 0.3 is 0 Å². The van der Waals surface area contributed by atoms with Crippen LogP contribution in [0.5, 0.6) is 0 Å². The number of benzene rings is 1. The maximum Gasteiger partial charge on any atom is 0.234 e. The van der Waals surface area contributed by atoms with Gasteiger partial charge in [0.2, 0.25) is 5.91 Å². The van der Waals surface area contributed by atoms with Gasteiger partial charge in [-0.25, -0.2) is 0 Å². The van der Waals surface area contributed by atoms with Gasteiger partial charge in [0, 0.05) is 38.6 Å². The zero-order valence-corrected chi connectivity index (χ0v) is 17.5. The van der Waals surface area contributed by atoms with E-state index in [9.17, 15) is 4.79 Å². The van der Waals surface area contributed by atoms with Crippen LogP contribution in [0.25, 0.3) is 11.4 Å². The minimum atomic E-state index is -0.166. The lowest BCUT2D eigenvalue weighted by Gasteiger charge is -2.06. The largest absolute Gasteiger partial charge is 0.325 e. The number of rotatable bonds is 5. The molecule has 3 rings (SSSR count). The monoisotopic (exact) mass is 426 g/mol. The van der Waals surface area contributed by atoms with Gasteiger partial charge in [-0.15, -0.1) is 21.5 Å². The van der Waals surface area contributed by atoms with E-state index in [1.807, 2.05) is 11.6 Å². The van der Waals surface area contributed by atoms with Crippen molar-refractivity contribution in [1.29, 1.82) is 0 Å². The second-order valence-corrected chi connectivity index (χ2v) is 8.59. The van der Waals surface area contributed by atoms with Crippen molar-refractivity contribution in [3.05, 3.63) is 44.1 Å². The summed E-state index contributed by atoms with van der Waals surface area (Å²) in [6.07, 6.45) is 0. The molecule has 2 heterocycles. The lowest BCUT2D eigenvalue weighted by molar-refractivity contribution is -0.113. The highest BCUT2D eigenvalue weighted by atomic mass is 35.5. The highest BCUT2D eigenvalue weighted by molar-refractivity contribution is 7.99. The summed E-state index contributed by atoms with van der Waals surface area (Å²) in [6.45, 7) is 4.16. The maximum absolute atomic E-state index is 12.2. The quantitative estimate of drug-likeness (QED) is 0.569. The van der Waals surface area contributed by atoms with Gasteiger partial charge in [0.25, 0.3) is 0 Å². The molecule has 2 aromatic heterocycles. The Labute approximate surface area is 169 Å². The van der Waals surface area contributed by atoms with E-state index < -0.39 is 0 Å². The van der Waals surface area contributed by atoms with Gasteiger partial charge in [0.1, 0.15) is 0 Å². The van der Waals surface area contributed by atoms with Crippen LogP contribution in [-0.2, 0) is 11.8 Å². The summed E-state index contributed by atoms with van der Waals surface area (Å²) in [5.74, 6) is 0.842. The van der Waals surface area contributed by atoms with E-state index in [0.29, 0.717) is 20.9 Å². The summed E-state index contributed by atoms with van der Waals surface area (Å²) in [4.78, 5) is 13.4. The Bertz CT molecular complexity index is 948. The Morgan fingerprint density at radius 1 is 1.23 bits per heavy atom. The molecule has 0 saturated heterocycles. The van der Waals surface area contributed by atoms with Crippen molar-refractivity contribution in [1.82, 2.24) is 14.8 Å². The van der Waals surface area contributed by atoms with Crippen molar-refractivity contribution < 1.29 is 4.79 Å². The molecule has 0 atom stereocenters. The molecular formula is C17H16Cl2N4OS2. The Morgan fingerprint density at radius 3 is 2.54 bits per heavy atom. The van der Waals surface area contributed by atoms with Crippen LogP contribution >= 0.6 is 46.3 Å². The summed E-state index contributed by atoms with van der Waals surface area (Å²) in [5.41, 5.74) is 2.85. The summed E-state index contributed by atoms with van der Waals surface area (Å²) >= 11 is 14.9. The van der Waals surface area contributed by atoms with Crippen molar-refractivity contribution in [2.45, 2.75) is 19.0 Å². The number of aromatic nitrogens is 3. The third-order valence-electron chi connectivity index (χ3n) is 3.84. The molecule has 1 amide bonds. The van der Waals surface area contributed by atoms with Crippen LogP contribution in [0.1, 0.15) is 10.4 Å². The molecule has 0 aliphatic rings. The number of hydrogen-bond acceptors (Lipinski definition) is 5. The van der Waals surface area contributed by atoms with E-state index in [-0.39, 0.29) is 11.7 Å². The van der Waals surface area contributed by atoms with Crippen LogP contribution < -0.4 is 5.32 Å². The summed E-state index contributed by atoms with van der Waals surface area (Å²) < 4.78 is 1.91. The minimum Gasteiger partial charge on any atom is -0.325 e. The van der Waals surface area contributed by atoms with Crippen molar-refractivity contribution in [3.8, 4) is 11.4 Å². The average molecular weight is 427 g/mol. The molecule has 1 N–H and O–H groups in total. The fraction of sp³-hybridized carbons (Fsp3) is 0.235. The van der Waals surface area contributed by atoms with Crippen molar-refractivity contribution in [2.24, 2.45) is 7.05 Å². The molecule has 0 radical (unpaired) electrons. The summed E-state index contributed by atoms with van der Waals surface area (Å²) in [5, 5.41) is 15.0. The van der Waals surface area contributed by atoms with E-state index in [2.05, 4.69) is 34.7 Å². The van der Waals surface area contributed by atoms with Crippen molar-refractivity contribution in [3.63, 3.8) is 0 Å². The smallest absolute Gasteiger partial charge is 0.234 e. The fourth-order valence-corrected chi connectivity index (χ4v) is 4.46. The topological polar surface area (TPSA) is 59.8 Å². The number of thioether (sulfide) groups is 1. The van der Waals surface area contributed by atoms with Crippen LogP contribution in [0.2, 0.25) is 10.0 Å². The van der Waals surface area contributed by atoms with Crippen LogP contribution in [0.4, 0.5) is 5.69 Å². The number of nitrogens with one attached hydrogen (secondary N) is 1. The molecule has 3 aromatic rings. The van der Waals surface area contributed by atoms with E-state index in [1.54, 1.807) is 29.5 Å². The first-order chi connectivity index (χ1) is 12.3. The molecule has 0 unspecified atom stereocenters. The average Bonchev–Trinajstić information content (AvgIpc) is 3.08. The standard InChI is InChI=1S/C17H16Cl2N4OS2/c1-9-10(2)25-7-14(9)16-21-22-17(23(16)3)26-8-15(24)20-13-5-11(18)4-12(19)6-13/h4-7H,8H2,1-3H3,(H,20,24). The molecule has 0 aliphatic heterocycles. The number of carbonyl (C=O) groups excluding carboxylic acids is 1. The molecule has 136 valence electrons. The predicted octanol–water partition coefficient (Wildman–Crippen LogP) is 5.20. The van der Waals surface area contributed by atoms with Crippen LogP contribution in [-0.4, -0.2) is 26.4 Å². The van der Waals surface area contributed by atoms with E-state index >= 15 is 0 Å². The maximum atomic E-state index is 12.2. The number of aryl methyl sites for hydroxylation is 1. The first-order valence-electron chi connectivity index (χ1n) is 7.68. The number of anilines is 1. The molecule has 0 spiro atoms. The zero-order chi connectivity index (χ0) is 18.8. The minimum absolute atomic E-state index is 0.166. The molecule has 0 bridgehead atoms. The third-order valence-corrected chi connectivity index (χ3v) is 6.31. The molecule has 0 fully saturated rings. The predicted molar refractivity (Wildman–Crippen MR) is 110 cm³/mol. The first kappa shape index (κ1) is 19.2. The number of carbonyl (C=O) groups is 1. The van der Waals surface area contributed by atoms with Gasteiger partial charge in [-0.05, 0) is 37.6 Å². The van der Waals surface area contributed by atoms with E-state index in [0.717, 1.165) is 11.4 Å². The van der Waals surface area contributed by atoms with Gasteiger partial charge in [0.05, 0.1) is 5.75 Å². The van der Waals surface area contributed by atoms with E-state index in [1.165, 1.54) is 22.2 Å². The van der Waals surface area contributed by atoms with Gasteiger partial charge < -0.3 is 9.88 Å². The molecule has 5 nitrogen and oxygen atoms in total. The second-order valence-electron chi connectivity index (χ2n) is 5.69. The Hall–Kier alpha value is -1.54. The van der Waals surface area contributed by atoms with Crippen molar-refractivity contribution in [2.75, 3.05) is 11.1 Å². The highest BCUT2D eigenvalue weighted by Crippen LogP contribution is 2.31. The van der Waals surface area contributed by atoms with Crippen molar-refractivity contribution >= 4 is 57.9 Å². The molecular weight excluding hydrogens is 411 g/mol. The lowest BCUT2D eigenvalue weighted by Crippen LogP contribution is -2.14. The summed E-state index contributed by atoms with van der Waals surface area (Å²) in [6, 6.07) is 4.92. The number of nitrogens with zero attached hydrogens (tertiary/aromatic N) is 3. The molecule has 0 aliphatic carbocycles. The van der Waals surface area contributed by atoms with Gasteiger partial charge in [0.15, 0.2) is 11.0 Å². The zero-order valence-electron chi connectivity index (χ0n) is 14.3. The van der Waals surface area contributed by atoms with Crippen LogP contribution in [0, 0.1) is 13.8 Å². The van der Waals surface area contributed by atoms with Gasteiger partial charge in [-0.2, -0.15) is 0 Å². The molecule has 26 heavy (non-hydrogen) atoms. The third kappa shape index (κ3) is 4.23. The molecule has 1 aromatic carbocycles. The number of amides is 1. The SMILES string of the molecule is Cc1scc(-c2nnc(SCC(=O)Nc3cc(Cl)cc(Cl)c3)n2C)c1C. The van der Waals surface area contributed by atoms with Gasteiger partial charge in [-0.1, -0.05) is 35.0 Å². The molecule has 0 saturated carbocycles. The first-order valence-corrected chi connectivity index (χ1v) is 10.3. The number of halogens is 2. The Kier molecular flexibility index (Phi) is 5.92. The summed E-state index contributed by atoms with van der Waals surface area (Å²) in [7, 11) is 1.90. The Balaban J connectivity index is 1.66. The van der Waals surface area contributed by atoms with E-state index in [4.69, 9.17) is 23.2 Å². The second kappa shape index (κ2) is 8.00. The van der Waals surface area contributed by atoms with Crippen LogP contribution in [0.3, 0.4) is 0 Å². The number of thiophene rings is 1. The fourth-order valence-electron chi connectivity index (χ4n) is 2.36. The highest BCUT2D eigenvalue weighted by Gasteiger charge is 2.16. The van der Waals surface area contributed by atoms with Gasteiger partial charge in [-0.3, -0.25) is 4.79 Å². The van der Waals surface area contributed by atoms with Crippen LogP contribution in [0.15, 0.2) is 28.7 Å². The Morgan fingerprint density at radius 2 is 1.92 bits per heavy atom. The lowest BCUT2D eigenvalue weighted by atomic mass is 10.2.